The second-order valence-electron chi connectivity index (χ2n) is 3.53. The van der Waals surface area contributed by atoms with E-state index in [-0.39, 0.29) is 12.5 Å². The molecule has 1 fully saturated rings. The van der Waals surface area contributed by atoms with Crippen molar-refractivity contribution in [1.29, 1.82) is 0 Å². The molecule has 0 N–H and O–H groups in total. The van der Waals surface area contributed by atoms with Gasteiger partial charge in [-0.3, -0.25) is 4.48 Å². The Kier molecular flexibility index (Phi) is 2.30. The van der Waals surface area contributed by atoms with Gasteiger partial charge in [0.05, 0.1) is 19.7 Å². The molecular weight excluding hydrogens is 142 g/mol. The molecule has 11 heavy (non-hydrogen) atoms. The molecule has 3 heteroatoms. The van der Waals surface area contributed by atoms with Crippen molar-refractivity contribution in [2.24, 2.45) is 0 Å². The Morgan fingerprint density at radius 1 is 1.55 bits per heavy atom. The largest absolute Gasteiger partial charge is 0.361 e. The summed E-state index contributed by atoms with van der Waals surface area (Å²) < 4.78 is 5.59. The highest BCUT2D eigenvalue weighted by molar-refractivity contribution is 5.70. The first-order chi connectivity index (χ1) is 5.07. The van der Waals surface area contributed by atoms with E-state index in [1.807, 2.05) is 7.05 Å². The van der Waals surface area contributed by atoms with E-state index >= 15 is 0 Å². The Bertz CT molecular complexity index is 167. The number of carbonyl (C=O) groups is 1. The van der Waals surface area contributed by atoms with Crippen molar-refractivity contribution >= 4 is 5.91 Å². The number of hydrogen-bond donors (Lipinski definition) is 0. The first kappa shape index (κ1) is 8.68. The fourth-order valence-corrected chi connectivity index (χ4v) is 1.23. The maximum Gasteiger partial charge on any atom is 0.339 e. The lowest BCUT2D eigenvalue weighted by Crippen LogP contribution is -2.59. The van der Waals surface area contributed by atoms with Crippen LogP contribution in [-0.4, -0.2) is 43.2 Å². The van der Waals surface area contributed by atoms with Gasteiger partial charge in [-0.25, -0.2) is 4.79 Å². The monoisotopic (exact) mass is 158 g/mol. The van der Waals surface area contributed by atoms with Gasteiger partial charge in [0.2, 0.25) is 0 Å². The van der Waals surface area contributed by atoms with Gasteiger partial charge in [-0.2, -0.15) is 0 Å². The van der Waals surface area contributed by atoms with Crippen LogP contribution < -0.4 is 0 Å². The van der Waals surface area contributed by atoms with Gasteiger partial charge in [0, 0.05) is 0 Å². The molecule has 1 rings (SSSR count). The van der Waals surface area contributed by atoms with Crippen LogP contribution in [0.3, 0.4) is 0 Å². The minimum atomic E-state index is 0.200. The average molecular weight is 158 g/mol. The normalized spacial score (nSPS) is 32.9. The standard InChI is InChI=1S/C8H16NO2/c1-7(2)9(3)4-5-11-6-8(9)10/h7H,4-6H2,1-3H3/q+1. The van der Waals surface area contributed by atoms with Crippen LogP contribution in [0.4, 0.5) is 0 Å². The SMILES string of the molecule is CC(C)[N+]1(C)CCOCC1=O. The van der Waals surface area contributed by atoms with Crippen LogP contribution in [0.1, 0.15) is 13.8 Å². The summed E-state index contributed by atoms with van der Waals surface area (Å²) in [5, 5.41) is 0. The van der Waals surface area contributed by atoms with Gasteiger partial charge in [-0.1, -0.05) is 0 Å². The molecule has 0 bridgehead atoms. The summed E-state index contributed by atoms with van der Waals surface area (Å²) >= 11 is 0. The lowest BCUT2D eigenvalue weighted by molar-refractivity contribution is -0.862. The van der Waals surface area contributed by atoms with E-state index in [1.165, 1.54) is 0 Å². The van der Waals surface area contributed by atoms with Gasteiger partial charge in [-0.05, 0) is 13.8 Å². The molecule has 0 aromatic rings. The maximum absolute atomic E-state index is 11.4. The van der Waals surface area contributed by atoms with E-state index in [9.17, 15) is 4.79 Å². The number of morpholine rings is 1. The molecule has 1 heterocycles. The van der Waals surface area contributed by atoms with Crippen LogP contribution in [0, 0.1) is 0 Å². The number of likely N-dealkylation sites (N-methyl/N-ethyl adjacent to an activating group) is 1. The van der Waals surface area contributed by atoms with Gasteiger partial charge < -0.3 is 4.74 Å². The molecule has 1 amide bonds. The molecule has 3 nitrogen and oxygen atoms in total. The van der Waals surface area contributed by atoms with Crippen molar-refractivity contribution in [3.63, 3.8) is 0 Å². The summed E-state index contributed by atoms with van der Waals surface area (Å²) in [7, 11) is 1.98. The third-order valence-corrected chi connectivity index (χ3v) is 2.64. The molecule has 1 aliphatic rings. The van der Waals surface area contributed by atoms with Gasteiger partial charge in [0.1, 0.15) is 6.54 Å². The molecule has 64 valence electrons. The number of carbonyl (C=O) groups excluding carboxylic acids is 1. The van der Waals surface area contributed by atoms with Gasteiger partial charge in [0.25, 0.3) is 0 Å². The fourth-order valence-electron chi connectivity index (χ4n) is 1.23. The van der Waals surface area contributed by atoms with Crippen LogP contribution in [0.2, 0.25) is 0 Å². The Hall–Kier alpha value is -0.410. The zero-order valence-corrected chi connectivity index (χ0v) is 7.46. The molecule has 1 saturated heterocycles. The van der Waals surface area contributed by atoms with E-state index in [1.54, 1.807) is 0 Å². The van der Waals surface area contributed by atoms with E-state index in [0.29, 0.717) is 17.1 Å². The summed E-state index contributed by atoms with van der Waals surface area (Å²) in [4.78, 5) is 11.4. The molecule has 0 saturated carbocycles. The average Bonchev–Trinajstić information content (AvgIpc) is 1.95. The molecule has 0 radical (unpaired) electrons. The zero-order chi connectivity index (χ0) is 8.48. The molecule has 0 aliphatic carbocycles. The predicted octanol–water partition coefficient (Wildman–Crippen LogP) is 0.398. The predicted molar refractivity (Wildman–Crippen MR) is 42.0 cm³/mol. The topological polar surface area (TPSA) is 26.3 Å². The van der Waals surface area contributed by atoms with E-state index in [0.717, 1.165) is 6.54 Å². The van der Waals surface area contributed by atoms with Crippen LogP contribution >= 0.6 is 0 Å². The minimum Gasteiger partial charge on any atom is -0.361 e. The molecule has 0 aromatic heterocycles. The molecule has 0 spiro atoms. The summed E-state index contributed by atoms with van der Waals surface area (Å²) in [6.07, 6.45) is 0. The van der Waals surface area contributed by atoms with Gasteiger partial charge >= 0.3 is 5.91 Å². The quantitative estimate of drug-likeness (QED) is 0.516. The smallest absolute Gasteiger partial charge is 0.339 e. The Morgan fingerprint density at radius 2 is 2.18 bits per heavy atom. The number of nitrogens with zero attached hydrogens (tertiary/aromatic N) is 1. The highest BCUT2D eigenvalue weighted by Gasteiger charge is 2.37. The summed E-state index contributed by atoms with van der Waals surface area (Å²) in [6, 6.07) is 0.367. The van der Waals surface area contributed by atoms with Crippen molar-refractivity contribution in [3.8, 4) is 0 Å². The van der Waals surface area contributed by atoms with Crippen molar-refractivity contribution in [1.82, 2.24) is 0 Å². The van der Waals surface area contributed by atoms with E-state index < -0.39 is 0 Å². The van der Waals surface area contributed by atoms with Gasteiger partial charge in [0.15, 0.2) is 6.61 Å². The zero-order valence-electron chi connectivity index (χ0n) is 7.46. The van der Waals surface area contributed by atoms with E-state index in [2.05, 4.69) is 13.8 Å². The maximum atomic E-state index is 11.4. The molecule has 1 unspecified atom stereocenters. The lowest BCUT2D eigenvalue weighted by Gasteiger charge is -2.38. The first-order valence-corrected chi connectivity index (χ1v) is 4.03. The van der Waals surface area contributed by atoms with Crippen molar-refractivity contribution in [2.45, 2.75) is 19.9 Å². The van der Waals surface area contributed by atoms with Crippen LogP contribution in [0.25, 0.3) is 0 Å². The third kappa shape index (κ3) is 1.44. The Morgan fingerprint density at radius 3 is 2.55 bits per heavy atom. The van der Waals surface area contributed by atoms with Crippen molar-refractivity contribution < 1.29 is 14.0 Å². The highest BCUT2D eigenvalue weighted by atomic mass is 16.5. The molecule has 0 aromatic carbocycles. The van der Waals surface area contributed by atoms with Crippen LogP contribution in [0.5, 0.6) is 0 Å². The summed E-state index contributed by atoms with van der Waals surface area (Å²) in [5.41, 5.74) is 0. The Labute approximate surface area is 67.5 Å². The summed E-state index contributed by atoms with van der Waals surface area (Å²) in [5.74, 6) is 0.200. The Balaban J connectivity index is 2.73. The van der Waals surface area contributed by atoms with E-state index in [4.69, 9.17) is 4.74 Å². The molecule has 1 aliphatic heterocycles. The van der Waals surface area contributed by atoms with Crippen LogP contribution in [0.15, 0.2) is 0 Å². The second kappa shape index (κ2) is 2.91. The first-order valence-electron chi connectivity index (χ1n) is 4.03. The number of amides is 1. The minimum absolute atomic E-state index is 0.200. The van der Waals surface area contributed by atoms with Gasteiger partial charge in [-0.15, -0.1) is 0 Å². The molecule has 1 atom stereocenters. The number of hydrogen-bond acceptors (Lipinski definition) is 2. The lowest BCUT2D eigenvalue weighted by atomic mass is 10.2. The van der Waals surface area contributed by atoms with Crippen molar-refractivity contribution in [2.75, 3.05) is 26.8 Å². The number of quaternary nitrogens is 1. The van der Waals surface area contributed by atoms with Crippen LogP contribution in [-0.2, 0) is 9.53 Å². The fraction of sp³-hybridized carbons (Fsp3) is 0.875. The van der Waals surface area contributed by atoms with Crippen molar-refractivity contribution in [3.05, 3.63) is 0 Å². The number of rotatable bonds is 1. The third-order valence-electron chi connectivity index (χ3n) is 2.64. The summed E-state index contributed by atoms with van der Waals surface area (Å²) in [6.45, 7) is 5.96. The second-order valence-corrected chi connectivity index (χ2v) is 3.53. The highest BCUT2D eigenvalue weighted by Crippen LogP contribution is 2.14. The number of ether oxygens (including phenoxy) is 1. The molecular formula is C8H16NO2+.